The van der Waals surface area contributed by atoms with Crippen molar-refractivity contribution in [2.75, 3.05) is 45.7 Å². The molecule has 0 aliphatic carbocycles. The summed E-state index contributed by atoms with van der Waals surface area (Å²) in [4.78, 5) is 60.3. The number of carbonyl (C=O) groups excluding carboxylic acids is 4. The van der Waals surface area contributed by atoms with Crippen LogP contribution in [0.5, 0.6) is 0 Å². The van der Waals surface area contributed by atoms with E-state index < -0.39 is 41.5 Å². The van der Waals surface area contributed by atoms with Gasteiger partial charge in [-0.3, -0.25) is 19.2 Å². The number of methoxy groups -OCH3 is 1. The zero-order chi connectivity index (χ0) is 25.6. The lowest BCUT2D eigenvalue weighted by Crippen LogP contribution is -2.74. The van der Waals surface area contributed by atoms with Crippen molar-refractivity contribution >= 4 is 57.7 Å². The number of ether oxygens (including phenoxy) is 3. The van der Waals surface area contributed by atoms with Gasteiger partial charge in [0.25, 0.3) is 5.91 Å². The molecule has 2 unspecified atom stereocenters. The first-order valence-corrected chi connectivity index (χ1v) is 12.6. The Morgan fingerprint density at radius 1 is 1.34 bits per heavy atom. The van der Waals surface area contributed by atoms with Gasteiger partial charge < -0.3 is 35.0 Å². The summed E-state index contributed by atoms with van der Waals surface area (Å²) in [5.74, 6) is -1.84. The monoisotopic (exact) mass is 529 g/mol. The molecule has 2 aliphatic heterocycles. The molecule has 0 saturated carbocycles. The molecule has 192 valence electrons. The van der Waals surface area contributed by atoms with Gasteiger partial charge in [-0.2, -0.15) is 0 Å². The minimum absolute atomic E-state index is 0.00512. The van der Waals surface area contributed by atoms with E-state index >= 15 is 0 Å². The number of β-lactam (4-membered cyclic amide) rings is 1. The quantitative estimate of drug-likeness (QED) is 0.129. The number of nitrogen functional groups attached to an aromatic ring is 1. The number of nitrogens with zero attached hydrogens (tertiary/aromatic N) is 3. The molecule has 3 rings (SSSR count). The minimum Gasteiger partial charge on any atom is -0.428 e. The van der Waals surface area contributed by atoms with Gasteiger partial charge >= 0.3 is 11.9 Å². The van der Waals surface area contributed by atoms with Gasteiger partial charge in [-0.1, -0.05) is 12.1 Å². The Balaban J connectivity index is 1.63. The van der Waals surface area contributed by atoms with E-state index in [-0.39, 0.29) is 47.8 Å². The summed E-state index contributed by atoms with van der Waals surface area (Å²) in [5.41, 5.74) is 4.62. The van der Waals surface area contributed by atoms with Crippen LogP contribution < -0.4 is 11.1 Å². The van der Waals surface area contributed by atoms with Crippen LogP contribution in [0.2, 0.25) is 0 Å². The van der Waals surface area contributed by atoms with Crippen LogP contribution in [0.4, 0.5) is 5.13 Å². The Morgan fingerprint density at radius 2 is 2.11 bits per heavy atom. The van der Waals surface area contributed by atoms with Crippen molar-refractivity contribution in [2.45, 2.75) is 31.2 Å². The smallest absolute Gasteiger partial charge is 0.319 e. The number of hydrogen-bond donors (Lipinski definition) is 2. The highest BCUT2D eigenvalue weighted by Crippen LogP contribution is 2.43. The van der Waals surface area contributed by atoms with E-state index in [9.17, 15) is 19.2 Å². The summed E-state index contributed by atoms with van der Waals surface area (Å²) >= 11 is 2.45. The molecule has 3 atom stereocenters. The predicted molar refractivity (Wildman–Crippen MR) is 126 cm³/mol. The summed E-state index contributed by atoms with van der Waals surface area (Å²) in [6.45, 7) is 1.36. The molecular formula is C20H27N5O8S2. The van der Waals surface area contributed by atoms with E-state index in [4.69, 9.17) is 24.8 Å². The van der Waals surface area contributed by atoms with Crippen molar-refractivity contribution in [3.05, 3.63) is 11.1 Å². The molecule has 1 aromatic rings. The number of anilines is 1. The number of amides is 2. The van der Waals surface area contributed by atoms with Crippen LogP contribution in [0.3, 0.4) is 0 Å². The molecule has 0 spiro atoms. The van der Waals surface area contributed by atoms with Gasteiger partial charge in [0.05, 0.1) is 6.61 Å². The normalized spacial score (nSPS) is 23.7. The number of hydrogen-bond acceptors (Lipinski definition) is 13. The van der Waals surface area contributed by atoms with Gasteiger partial charge in [-0.25, -0.2) is 4.98 Å². The maximum atomic E-state index is 12.9. The van der Waals surface area contributed by atoms with E-state index in [0.717, 1.165) is 11.3 Å². The first kappa shape index (κ1) is 26.7. The molecule has 0 radical (unpaired) electrons. The summed E-state index contributed by atoms with van der Waals surface area (Å²) in [7, 11) is 2.73. The molecule has 3 heterocycles. The predicted octanol–water partition coefficient (Wildman–Crippen LogP) is -0.0475. The van der Waals surface area contributed by atoms with Crippen LogP contribution in [0, 0.1) is 5.41 Å². The lowest BCUT2D eigenvalue weighted by Gasteiger charge is -2.53. The second-order valence-electron chi connectivity index (χ2n) is 7.84. The van der Waals surface area contributed by atoms with Crippen LogP contribution in [-0.2, 0) is 38.2 Å². The highest BCUT2D eigenvalue weighted by atomic mass is 32.2. The molecule has 13 nitrogen and oxygen atoms in total. The van der Waals surface area contributed by atoms with Crippen molar-refractivity contribution < 1.29 is 38.2 Å². The topological polar surface area (TPSA) is 172 Å². The molecule has 0 aromatic carbocycles. The number of oxime groups is 1. The van der Waals surface area contributed by atoms with E-state index in [1.807, 2.05) is 6.92 Å². The van der Waals surface area contributed by atoms with Crippen LogP contribution in [-0.4, -0.2) is 90.7 Å². The fourth-order valence-electron chi connectivity index (χ4n) is 3.65. The van der Waals surface area contributed by atoms with Crippen molar-refractivity contribution in [1.82, 2.24) is 15.2 Å². The molecule has 2 aliphatic rings. The Hall–Kier alpha value is -2.91. The molecule has 1 aromatic heterocycles. The average molecular weight is 530 g/mol. The molecule has 15 heteroatoms. The van der Waals surface area contributed by atoms with Crippen molar-refractivity contribution in [3.63, 3.8) is 0 Å². The Morgan fingerprint density at radius 3 is 2.74 bits per heavy atom. The van der Waals surface area contributed by atoms with Crippen LogP contribution >= 0.6 is 23.1 Å². The highest BCUT2D eigenvalue weighted by Gasteiger charge is 2.58. The largest absolute Gasteiger partial charge is 0.428 e. The number of esters is 2. The third-order valence-corrected chi connectivity index (χ3v) is 7.57. The fraction of sp³-hybridized carbons (Fsp3) is 0.600. The Bertz CT molecular complexity index is 1000. The van der Waals surface area contributed by atoms with E-state index in [2.05, 4.69) is 15.5 Å². The zero-order valence-corrected chi connectivity index (χ0v) is 21.1. The zero-order valence-electron chi connectivity index (χ0n) is 19.5. The van der Waals surface area contributed by atoms with Gasteiger partial charge in [-0.05, 0) is 6.42 Å². The number of aromatic nitrogens is 1. The number of thiazole rings is 1. The van der Waals surface area contributed by atoms with Gasteiger partial charge in [0.1, 0.15) is 29.6 Å². The number of thioether (sulfide) groups is 1. The second kappa shape index (κ2) is 11.7. The van der Waals surface area contributed by atoms with Crippen molar-refractivity contribution in [2.24, 2.45) is 10.6 Å². The lowest BCUT2D eigenvalue weighted by atomic mass is 9.88. The first-order chi connectivity index (χ1) is 16.8. The number of carbonyl (C=O) groups is 4. The van der Waals surface area contributed by atoms with Gasteiger partial charge in [0.15, 0.2) is 10.8 Å². The molecule has 3 N–H and O–H groups in total. The number of nitrogens with two attached hydrogens (primary N) is 1. The lowest BCUT2D eigenvalue weighted by molar-refractivity contribution is -0.179. The molecule has 2 fully saturated rings. The standard InChI is InChI=1S/C20H27N5O8S2/c1-4-5-12(26)32-10-33-18(29)20(8-30-2)7-25-16(28)14(17(25)35-9-20)23-15(27)13(24-31-3)11-6-34-19(21)22-11/h6,14,17H,4-5,7-10H2,1-3H3,(H2,21,22)(H,23,27)/t14?,17-,20?/m1/s1. The second-order valence-corrected chi connectivity index (χ2v) is 9.84. The molecular weight excluding hydrogens is 502 g/mol. The maximum Gasteiger partial charge on any atom is 0.319 e. The summed E-state index contributed by atoms with van der Waals surface area (Å²) in [6.07, 6.45) is 0.837. The van der Waals surface area contributed by atoms with Crippen LogP contribution in [0.25, 0.3) is 0 Å². The van der Waals surface area contributed by atoms with E-state index in [0.29, 0.717) is 6.42 Å². The van der Waals surface area contributed by atoms with Crippen molar-refractivity contribution in [3.8, 4) is 0 Å². The summed E-state index contributed by atoms with van der Waals surface area (Å²) in [6, 6.07) is -0.822. The number of nitrogens with one attached hydrogen (secondary N) is 1. The Labute approximate surface area is 209 Å². The molecule has 35 heavy (non-hydrogen) atoms. The van der Waals surface area contributed by atoms with Crippen LogP contribution in [0.15, 0.2) is 10.5 Å². The summed E-state index contributed by atoms with van der Waals surface area (Å²) < 4.78 is 15.3. The van der Waals surface area contributed by atoms with E-state index in [1.54, 1.807) is 5.38 Å². The molecule has 0 bridgehead atoms. The summed E-state index contributed by atoms with van der Waals surface area (Å²) in [5, 5.41) is 7.80. The highest BCUT2D eigenvalue weighted by molar-refractivity contribution is 8.00. The molecule has 2 amide bonds. The maximum absolute atomic E-state index is 12.9. The fourth-order valence-corrected chi connectivity index (χ4v) is 5.72. The van der Waals surface area contributed by atoms with Gasteiger partial charge in [0.2, 0.25) is 12.7 Å². The van der Waals surface area contributed by atoms with Crippen LogP contribution in [0.1, 0.15) is 25.5 Å². The molecule has 2 saturated heterocycles. The third kappa shape index (κ3) is 5.85. The van der Waals surface area contributed by atoms with E-state index in [1.165, 1.54) is 30.9 Å². The van der Waals surface area contributed by atoms with Crippen molar-refractivity contribution in [1.29, 1.82) is 0 Å². The SMILES string of the molecule is CCCC(=O)OCOC(=O)C1(COC)CS[C@@H]2C(NC(=O)C(=NOC)c3csc(N)n3)C(=O)N2C1. The first-order valence-electron chi connectivity index (χ1n) is 10.6. The van der Waals surface area contributed by atoms with Gasteiger partial charge in [-0.15, -0.1) is 23.1 Å². The van der Waals surface area contributed by atoms with Gasteiger partial charge in [0, 0.05) is 31.2 Å². The number of rotatable bonds is 11. The minimum atomic E-state index is -1.14. The average Bonchev–Trinajstić information content (AvgIpc) is 3.26. The Kier molecular flexibility index (Phi) is 8.91. The third-order valence-electron chi connectivity index (χ3n) is 5.31. The number of fused-ring (bicyclic) bond motifs is 1.